The van der Waals surface area contributed by atoms with Crippen LogP contribution in [-0.2, 0) is 0 Å². The van der Waals surface area contributed by atoms with Crippen LogP contribution in [-0.4, -0.2) is 0 Å². The number of rotatable bonds is 1. The van der Waals surface area contributed by atoms with E-state index in [-0.39, 0.29) is 5.82 Å². The summed E-state index contributed by atoms with van der Waals surface area (Å²) in [6, 6.07) is 20.7. The van der Waals surface area contributed by atoms with Gasteiger partial charge in [0.2, 0.25) is 0 Å². The average Bonchev–Trinajstić information content (AvgIpc) is 2.88. The topological polar surface area (TPSA) is 13.1 Å². The van der Waals surface area contributed by atoms with Gasteiger partial charge in [0.1, 0.15) is 17.0 Å². The summed E-state index contributed by atoms with van der Waals surface area (Å²) >= 11 is 0. The molecule has 0 saturated heterocycles. The zero-order valence-electron chi connectivity index (χ0n) is 10.6. The smallest absolute Gasteiger partial charge is 0.138 e. The van der Waals surface area contributed by atoms with Crippen molar-refractivity contribution in [2.45, 2.75) is 0 Å². The van der Waals surface area contributed by atoms with E-state index in [1.165, 1.54) is 6.07 Å². The molecule has 0 saturated carbocycles. The zero-order chi connectivity index (χ0) is 13.5. The van der Waals surface area contributed by atoms with Crippen LogP contribution in [0.25, 0.3) is 33.1 Å². The Bertz CT molecular complexity index is 907. The molecule has 1 nitrogen and oxygen atoms in total. The standard InChI is InChI=1S/C18H11FO/c19-14-9-5-11-16-18(14)17-13(8-4-10-15(17)20-16)12-6-2-1-3-7-12/h1-11H. The van der Waals surface area contributed by atoms with Gasteiger partial charge in [-0.15, -0.1) is 0 Å². The number of halogens is 1. The summed E-state index contributed by atoms with van der Waals surface area (Å²) in [5.74, 6) is -0.246. The first-order valence-electron chi connectivity index (χ1n) is 6.50. The normalized spacial score (nSPS) is 11.2. The highest BCUT2D eigenvalue weighted by Crippen LogP contribution is 2.37. The summed E-state index contributed by atoms with van der Waals surface area (Å²) in [7, 11) is 0. The van der Waals surface area contributed by atoms with Crippen molar-refractivity contribution >= 4 is 21.9 Å². The van der Waals surface area contributed by atoms with Gasteiger partial charge < -0.3 is 4.42 Å². The fraction of sp³-hybridized carbons (Fsp3) is 0. The van der Waals surface area contributed by atoms with Crippen molar-refractivity contribution < 1.29 is 8.81 Å². The van der Waals surface area contributed by atoms with E-state index in [0.717, 1.165) is 16.5 Å². The summed E-state index contributed by atoms with van der Waals surface area (Å²) in [6.45, 7) is 0. The van der Waals surface area contributed by atoms with Crippen LogP contribution in [0.2, 0.25) is 0 Å². The summed E-state index contributed by atoms with van der Waals surface area (Å²) < 4.78 is 19.9. The molecule has 96 valence electrons. The van der Waals surface area contributed by atoms with Crippen molar-refractivity contribution in [1.82, 2.24) is 0 Å². The van der Waals surface area contributed by atoms with Gasteiger partial charge in [-0.3, -0.25) is 0 Å². The fourth-order valence-corrected chi connectivity index (χ4v) is 2.68. The van der Waals surface area contributed by atoms with Crippen LogP contribution < -0.4 is 0 Å². The first-order valence-corrected chi connectivity index (χ1v) is 6.50. The maximum absolute atomic E-state index is 14.2. The Labute approximate surface area is 115 Å². The van der Waals surface area contributed by atoms with Gasteiger partial charge in [-0.1, -0.05) is 48.5 Å². The Morgan fingerprint density at radius 3 is 2.15 bits per heavy atom. The van der Waals surface area contributed by atoms with Crippen LogP contribution in [0.1, 0.15) is 0 Å². The SMILES string of the molecule is Fc1cccc2oc3cccc(-c4ccccc4)c3c12. The van der Waals surface area contributed by atoms with Crippen molar-refractivity contribution in [3.63, 3.8) is 0 Å². The van der Waals surface area contributed by atoms with Crippen LogP contribution in [0.15, 0.2) is 71.1 Å². The molecule has 0 aliphatic rings. The van der Waals surface area contributed by atoms with E-state index in [0.29, 0.717) is 16.6 Å². The molecule has 0 spiro atoms. The maximum Gasteiger partial charge on any atom is 0.138 e. The quantitative estimate of drug-likeness (QED) is 0.448. The molecule has 4 rings (SSSR count). The van der Waals surface area contributed by atoms with Gasteiger partial charge in [0.05, 0.1) is 5.39 Å². The Morgan fingerprint density at radius 2 is 1.35 bits per heavy atom. The highest BCUT2D eigenvalue weighted by Gasteiger charge is 2.14. The van der Waals surface area contributed by atoms with Gasteiger partial charge in [0.15, 0.2) is 0 Å². The number of fused-ring (bicyclic) bond motifs is 3. The lowest BCUT2D eigenvalue weighted by Gasteiger charge is -2.03. The number of hydrogen-bond donors (Lipinski definition) is 0. The first kappa shape index (κ1) is 11.2. The zero-order valence-corrected chi connectivity index (χ0v) is 10.6. The van der Waals surface area contributed by atoms with Gasteiger partial charge >= 0.3 is 0 Å². The second-order valence-corrected chi connectivity index (χ2v) is 4.76. The van der Waals surface area contributed by atoms with Crippen LogP contribution in [0, 0.1) is 5.82 Å². The molecule has 0 unspecified atom stereocenters. The van der Waals surface area contributed by atoms with Crippen molar-refractivity contribution in [2.75, 3.05) is 0 Å². The van der Waals surface area contributed by atoms with E-state index < -0.39 is 0 Å². The van der Waals surface area contributed by atoms with Crippen LogP contribution >= 0.6 is 0 Å². The van der Waals surface area contributed by atoms with Crippen LogP contribution in [0.3, 0.4) is 0 Å². The lowest BCUT2D eigenvalue weighted by Crippen LogP contribution is -1.80. The third-order valence-electron chi connectivity index (χ3n) is 3.56. The summed E-state index contributed by atoms with van der Waals surface area (Å²) in [5, 5.41) is 1.40. The molecule has 4 aromatic rings. The minimum Gasteiger partial charge on any atom is -0.456 e. The summed E-state index contributed by atoms with van der Waals surface area (Å²) in [6.07, 6.45) is 0. The molecule has 0 N–H and O–H groups in total. The van der Waals surface area contributed by atoms with Crippen molar-refractivity contribution in [3.8, 4) is 11.1 Å². The molecule has 0 bridgehead atoms. The van der Waals surface area contributed by atoms with E-state index >= 15 is 0 Å². The van der Waals surface area contributed by atoms with E-state index in [4.69, 9.17) is 4.42 Å². The van der Waals surface area contributed by atoms with E-state index in [1.807, 2.05) is 48.5 Å². The highest BCUT2D eigenvalue weighted by atomic mass is 19.1. The molecule has 1 aromatic heterocycles. The van der Waals surface area contributed by atoms with Crippen molar-refractivity contribution in [2.24, 2.45) is 0 Å². The van der Waals surface area contributed by atoms with Gasteiger partial charge in [-0.25, -0.2) is 4.39 Å². The molecule has 20 heavy (non-hydrogen) atoms. The van der Waals surface area contributed by atoms with E-state index in [9.17, 15) is 4.39 Å². The Kier molecular flexibility index (Phi) is 2.36. The molecule has 0 aliphatic heterocycles. The Hall–Kier alpha value is -2.61. The molecule has 0 atom stereocenters. The minimum absolute atomic E-state index is 0.246. The van der Waals surface area contributed by atoms with Crippen LogP contribution in [0.5, 0.6) is 0 Å². The van der Waals surface area contributed by atoms with Gasteiger partial charge in [-0.05, 0) is 29.3 Å². The van der Waals surface area contributed by atoms with Crippen molar-refractivity contribution in [1.29, 1.82) is 0 Å². The molecular weight excluding hydrogens is 251 g/mol. The number of furan rings is 1. The van der Waals surface area contributed by atoms with Gasteiger partial charge in [-0.2, -0.15) is 0 Å². The molecule has 0 aliphatic carbocycles. The lowest BCUT2D eigenvalue weighted by atomic mass is 9.99. The first-order chi connectivity index (χ1) is 9.84. The number of hydrogen-bond acceptors (Lipinski definition) is 1. The molecule has 3 aromatic carbocycles. The predicted octanol–water partition coefficient (Wildman–Crippen LogP) is 5.39. The largest absolute Gasteiger partial charge is 0.456 e. The molecule has 1 heterocycles. The van der Waals surface area contributed by atoms with E-state index in [1.54, 1.807) is 12.1 Å². The second-order valence-electron chi connectivity index (χ2n) is 4.76. The summed E-state index contributed by atoms with van der Waals surface area (Å²) in [5.41, 5.74) is 3.35. The predicted molar refractivity (Wildman–Crippen MR) is 79.1 cm³/mol. The summed E-state index contributed by atoms with van der Waals surface area (Å²) in [4.78, 5) is 0. The van der Waals surface area contributed by atoms with Crippen LogP contribution in [0.4, 0.5) is 4.39 Å². The Balaban J connectivity index is 2.20. The third-order valence-corrected chi connectivity index (χ3v) is 3.56. The lowest BCUT2D eigenvalue weighted by molar-refractivity contribution is 0.634. The molecule has 0 radical (unpaired) electrons. The van der Waals surface area contributed by atoms with Gasteiger partial charge in [0.25, 0.3) is 0 Å². The third kappa shape index (κ3) is 1.55. The highest BCUT2D eigenvalue weighted by molar-refractivity contribution is 6.12. The number of benzene rings is 3. The average molecular weight is 262 g/mol. The fourth-order valence-electron chi connectivity index (χ4n) is 2.68. The minimum atomic E-state index is -0.246. The monoisotopic (exact) mass is 262 g/mol. The molecule has 0 fully saturated rings. The van der Waals surface area contributed by atoms with E-state index in [2.05, 4.69) is 0 Å². The molecular formula is C18H11FO. The molecule has 2 heteroatoms. The molecule has 0 amide bonds. The maximum atomic E-state index is 14.2. The van der Waals surface area contributed by atoms with Crippen molar-refractivity contribution in [3.05, 3.63) is 72.5 Å². The Morgan fingerprint density at radius 1 is 0.650 bits per heavy atom. The van der Waals surface area contributed by atoms with Gasteiger partial charge in [0, 0.05) is 5.39 Å². The second kappa shape index (κ2) is 4.20.